The summed E-state index contributed by atoms with van der Waals surface area (Å²) in [6.07, 6.45) is 58.6. The Hall–Kier alpha value is -1.64. The first-order valence-electron chi connectivity index (χ1n) is 46.2. The Morgan fingerprint density at radius 1 is 0.368 bits per heavy atom. The number of unbranched alkanes of at least 4 members (excludes halogenated alkanes) is 38. The molecule has 0 aromatic heterocycles. The summed E-state index contributed by atoms with van der Waals surface area (Å²) in [5, 5.41) is 10.9. The molecule has 1 rings (SSSR count). The minimum atomic E-state index is -4.80. The maximum absolute atomic E-state index is 13.6. The molecule has 0 aromatic carbocycles. The van der Waals surface area contributed by atoms with Gasteiger partial charge in [-0.05, 0) is 104 Å². The van der Waals surface area contributed by atoms with Gasteiger partial charge in [0, 0.05) is 51.6 Å². The molecule has 6 N–H and O–H groups in total. The molecule has 117 heavy (non-hydrogen) atoms. The van der Waals surface area contributed by atoms with Gasteiger partial charge in [0.1, 0.15) is 12.2 Å². The molecule has 3 unspecified atom stereocenters. The van der Waals surface area contributed by atoms with Crippen LogP contribution in [0.25, 0.3) is 0 Å². The maximum atomic E-state index is 13.6. The molecule has 28 heteroatoms. The molecule has 0 saturated carbocycles. The number of hydrogen-bond acceptors (Lipinski definition) is 18. The molecular weight excluding hydrogens is 1550 g/mol. The van der Waals surface area contributed by atoms with Gasteiger partial charge in [-0.3, -0.25) is 46.9 Å². The van der Waals surface area contributed by atoms with E-state index in [4.69, 9.17) is 46.5 Å². The van der Waals surface area contributed by atoms with E-state index < -0.39 is 84.0 Å². The summed E-state index contributed by atoms with van der Waals surface area (Å²) < 4.78 is 83.9. The quantitative estimate of drug-likeness (QED) is 0.0108. The van der Waals surface area contributed by atoms with Crippen LogP contribution in [0.4, 0.5) is 0 Å². The molecule has 0 spiro atoms. The van der Waals surface area contributed by atoms with Crippen molar-refractivity contribution in [3.8, 4) is 0 Å². The molecule has 4 amide bonds. The average Bonchev–Trinajstić information content (AvgIpc) is 1.66. The molecule has 0 aliphatic carbocycles. The molecule has 8 atom stereocenters. The molecule has 1 aliphatic heterocycles. The van der Waals surface area contributed by atoms with Crippen LogP contribution in [0.15, 0.2) is 24.3 Å². The van der Waals surface area contributed by atoms with Gasteiger partial charge in [0.15, 0.2) is 18.0 Å². The largest absolute Gasteiger partial charge is 1.00 e. The average molecular weight is 1720 g/mol. The first-order chi connectivity index (χ1) is 55.6. The molecular formula is C89H170N4Na2O20P2. The summed E-state index contributed by atoms with van der Waals surface area (Å²) in [4.78, 5) is 102. The maximum Gasteiger partial charge on any atom is 1.00 e. The van der Waals surface area contributed by atoms with Gasteiger partial charge in [-0.25, -0.2) is 9.13 Å². The molecule has 1 saturated heterocycles. The third-order valence-corrected chi connectivity index (χ3v) is 22.5. The zero-order chi connectivity index (χ0) is 84.4. The number of nitrogens with one attached hydrogen (secondary N) is 4. The Bertz CT molecular complexity index is 2410. The van der Waals surface area contributed by atoms with Crippen LogP contribution in [0.5, 0.6) is 0 Å². The Morgan fingerprint density at radius 2 is 0.650 bits per heavy atom. The summed E-state index contributed by atoms with van der Waals surface area (Å²) >= 11 is 0. The van der Waals surface area contributed by atoms with Crippen LogP contribution in [0, 0.1) is 0 Å². The Balaban J connectivity index is -0.0000165. The molecule has 0 aromatic rings. The number of amides is 4. The van der Waals surface area contributed by atoms with E-state index in [1.54, 1.807) is 0 Å². The zero-order valence-corrected chi connectivity index (χ0v) is 81.5. The van der Waals surface area contributed by atoms with E-state index in [1.165, 1.54) is 155 Å². The number of allylic oxidation sites excluding steroid dienone is 4. The van der Waals surface area contributed by atoms with Gasteiger partial charge < -0.3 is 62.3 Å². The van der Waals surface area contributed by atoms with Gasteiger partial charge >= 0.3 is 86.7 Å². The van der Waals surface area contributed by atoms with Gasteiger partial charge in [-0.1, -0.05) is 284 Å². The second-order valence-corrected chi connectivity index (χ2v) is 35.0. The van der Waals surface area contributed by atoms with E-state index in [9.17, 15) is 47.7 Å². The van der Waals surface area contributed by atoms with E-state index in [2.05, 4.69) is 87.1 Å². The van der Waals surface area contributed by atoms with E-state index in [-0.39, 0.29) is 150 Å². The predicted octanol–water partition coefficient (Wildman–Crippen LogP) is 15.4. The van der Waals surface area contributed by atoms with Crippen molar-refractivity contribution >= 4 is 51.2 Å². The third-order valence-electron chi connectivity index (χ3n) is 20.5. The van der Waals surface area contributed by atoms with Crippen molar-refractivity contribution in [1.29, 1.82) is 0 Å². The van der Waals surface area contributed by atoms with Gasteiger partial charge in [0.25, 0.3) is 11.8 Å². The monoisotopic (exact) mass is 1720 g/mol. The number of hydrogen-bond donors (Lipinski definition) is 6. The second kappa shape index (κ2) is 81.4. The fraction of sp³-hybridized carbons (Fsp3) is 0.888. The van der Waals surface area contributed by atoms with Crippen LogP contribution in [0.3, 0.4) is 0 Å². The Labute approximate surface area is 757 Å². The first-order valence-corrected chi connectivity index (χ1v) is 49.2. The smallest absolute Gasteiger partial charge is 1.00 e. The zero-order valence-electron chi connectivity index (χ0n) is 77.7. The topological polar surface area (TPSA) is 317 Å². The van der Waals surface area contributed by atoms with Crippen molar-refractivity contribution in [1.82, 2.24) is 21.3 Å². The molecule has 1 aliphatic rings. The Morgan fingerprint density at radius 3 is 0.966 bits per heavy atom. The van der Waals surface area contributed by atoms with E-state index in [0.29, 0.717) is 64.2 Å². The van der Waals surface area contributed by atoms with Crippen LogP contribution < -0.4 is 80.4 Å². The normalized spacial score (nSPS) is 16.0. The summed E-state index contributed by atoms with van der Waals surface area (Å²) in [5.41, 5.74) is 0. The minimum absolute atomic E-state index is 0. The van der Waals surface area contributed by atoms with Crippen LogP contribution in [-0.4, -0.2) is 154 Å². The fourth-order valence-corrected chi connectivity index (χ4v) is 15.2. The van der Waals surface area contributed by atoms with Gasteiger partial charge in [0.05, 0.1) is 64.9 Å². The molecule has 1 fully saturated rings. The molecule has 678 valence electrons. The first kappa shape index (κ1) is 117. The number of esters is 2. The predicted molar refractivity (Wildman–Crippen MR) is 462 cm³/mol. The van der Waals surface area contributed by atoms with E-state index in [0.717, 1.165) is 128 Å². The van der Waals surface area contributed by atoms with Crippen molar-refractivity contribution < 1.29 is 156 Å². The van der Waals surface area contributed by atoms with Crippen LogP contribution in [0.2, 0.25) is 0 Å². The summed E-state index contributed by atoms with van der Waals surface area (Å²) in [5.74, 6) is -4.02. The van der Waals surface area contributed by atoms with Gasteiger partial charge in [0.2, 0.25) is 11.8 Å². The fourth-order valence-electron chi connectivity index (χ4n) is 13.6. The van der Waals surface area contributed by atoms with E-state index in [1.807, 2.05) is 0 Å². The van der Waals surface area contributed by atoms with Crippen molar-refractivity contribution in [2.24, 2.45) is 0 Å². The summed E-state index contributed by atoms with van der Waals surface area (Å²) in [7, 11) is -9.60. The van der Waals surface area contributed by atoms with Crippen LogP contribution in [0.1, 0.15) is 405 Å². The Kier molecular flexibility index (Phi) is 81.7. The number of ether oxygens (including phenoxy) is 6. The van der Waals surface area contributed by atoms with Crippen molar-refractivity contribution in [2.75, 3.05) is 65.9 Å². The van der Waals surface area contributed by atoms with Crippen LogP contribution >= 0.6 is 15.6 Å². The summed E-state index contributed by atoms with van der Waals surface area (Å²) in [6, 6.07) is -1.70. The van der Waals surface area contributed by atoms with Crippen LogP contribution in [-0.2, 0) is 84.4 Å². The SMILES string of the molecule is CCCCCC/C=C\CCCC(=O)O[C@H](CCCCCCC)CCOCC(COP(=O)(O)OCCNC(=O)[C@H]1OC(C)(C)O[C@H]1C(=O)NCCOP(=O)(O)OC[C@@H](COCC[C@@H](CCCCCCC)OC(=O)CCC/C=C\CCCCCC)NC(=O)CCCCCCCCCCCCC)NC(=O)CCCCCCCCCCCCC.[H-].[H-].[Na+].[Na+]. The minimum Gasteiger partial charge on any atom is -1.00 e. The third kappa shape index (κ3) is 73.3. The van der Waals surface area contributed by atoms with Crippen molar-refractivity contribution in [3.63, 3.8) is 0 Å². The van der Waals surface area contributed by atoms with Gasteiger partial charge in [-0.15, -0.1) is 0 Å². The number of phosphoric acid groups is 2. The molecule has 0 bridgehead atoms. The number of carbonyl (C=O) groups is 6. The van der Waals surface area contributed by atoms with E-state index >= 15 is 0 Å². The number of carbonyl (C=O) groups excluding carboxylic acids is 6. The number of phosphoric ester groups is 2. The molecule has 24 nitrogen and oxygen atoms in total. The molecule has 0 radical (unpaired) electrons. The van der Waals surface area contributed by atoms with Crippen molar-refractivity contribution in [3.05, 3.63) is 24.3 Å². The summed E-state index contributed by atoms with van der Waals surface area (Å²) in [6.45, 7) is 13.9. The second-order valence-electron chi connectivity index (χ2n) is 32.1. The number of rotatable bonds is 84. The van der Waals surface area contributed by atoms with Crippen molar-refractivity contribution in [2.45, 2.75) is 444 Å². The molecule has 1 heterocycles. The van der Waals surface area contributed by atoms with Gasteiger partial charge in [-0.2, -0.15) is 0 Å². The standard InChI is InChI=1S/C89H168N4O20P2.2Na.2H/c1-9-15-21-27-31-35-37-41-43-49-55-61-81(94)92-77(73-104-69-65-79(59-53-47-25-19-13-5)110-83(96)63-57-51-45-39-33-29-23-17-11-3)75-108-114(100,101)106-71-67-90-87(98)85-86(113-89(7,8)112-85)88(99)91-68-72-107-115(102,103)109-76-78(93-82(95)62-56-50-44-42-38-36-32-28-22-16-10-2)74-105-70-66-80(60-54-48-26-20-14-6)111-84(97)64-58-52-46-40-34-30-24-18-12-4;;;;/h39-40,45-46,77-80,85-86H,9-38,41-44,47-76H2,1-8H3,(H,90,98)(H,91,99)(H,92,94)(H,93,95)(H,100,101)(H,102,103);;;;/q;2*+1;2*-1/b45-39-,46-40-;;;;/t77-,78?,79-,80-,85-,86+;;;;/m1..../s1.